The monoisotopic (exact) mass is 301 g/mol. The topological polar surface area (TPSA) is 42.1 Å². The quantitative estimate of drug-likeness (QED) is 0.866. The van der Waals surface area contributed by atoms with Gasteiger partial charge in [-0.05, 0) is 18.6 Å². The number of aromatic nitrogens is 1. The minimum Gasteiger partial charge on any atom is -0.384 e. The summed E-state index contributed by atoms with van der Waals surface area (Å²) < 4.78 is 75.1. The molecule has 0 aliphatic rings. The SMILES string of the molecule is CCCN(CC(F)(F)F)c1cc(C(F)(F)F)cc(N)n1. The molecule has 20 heavy (non-hydrogen) atoms. The normalized spacial score (nSPS) is 12.6. The maximum absolute atomic E-state index is 12.6. The smallest absolute Gasteiger partial charge is 0.384 e. The van der Waals surface area contributed by atoms with E-state index in [1.807, 2.05) is 0 Å². The first-order valence-electron chi connectivity index (χ1n) is 5.69. The summed E-state index contributed by atoms with van der Waals surface area (Å²) in [5.74, 6) is -0.908. The van der Waals surface area contributed by atoms with Crippen LogP contribution in [0.3, 0.4) is 0 Å². The highest BCUT2D eigenvalue weighted by molar-refractivity contribution is 5.49. The van der Waals surface area contributed by atoms with Crippen molar-refractivity contribution >= 4 is 11.6 Å². The van der Waals surface area contributed by atoms with Crippen molar-refractivity contribution in [1.29, 1.82) is 0 Å². The second-order valence-corrected chi connectivity index (χ2v) is 4.17. The van der Waals surface area contributed by atoms with Crippen molar-refractivity contribution in [2.45, 2.75) is 25.7 Å². The fourth-order valence-corrected chi connectivity index (χ4v) is 1.62. The maximum atomic E-state index is 12.6. The lowest BCUT2D eigenvalue weighted by molar-refractivity contribution is -0.137. The lowest BCUT2D eigenvalue weighted by atomic mass is 10.2. The van der Waals surface area contributed by atoms with Crippen LogP contribution in [0.15, 0.2) is 12.1 Å². The Balaban J connectivity index is 3.16. The van der Waals surface area contributed by atoms with Crippen LogP contribution in [0.25, 0.3) is 0 Å². The summed E-state index contributed by atoms with van der Waals surface area (Å²) in [4.78, 5) is 4.28. The molecule has 0 amide bonds. The van der Waals surface area contributed by atoms with Crippen molar-refractivity contribution in [2.75, 3.05) is 23.7 Å². The van der Waals surface area contributed by atoms with Gasteiger partial charge in [0.1, 0.15) is 18.2 Å². The van der Waals surface area contributed by atoms with Gasteiger partial charge in [-0.15, -0.1) is 0 Å². The van der Waals surface area contributed by atoms with Crippen molar-refractivity contribution in [3.63, 3.8) is 0 Å². The number of rotatable bonds is 4. The molecule has 0 aromatic carbocycles. The molecule has 9 heteroatoms. The van der Waals surface area contributed by atoms with E-state index in [0.29, 0.717) is 18.6 Å². The zero-order valence-electron chi connectivity index (χ0n) is 10.5. The van der Waals surface area contributed by atoms with E-state index in [-0.39, 0.29) is 6.54 Å². The number of nitrogens with two attached hydrogens (primary N) is 1. The van der Waals surface area contributed by atoms with Crippen LogP contribution in [0.2, 0.25) is 0 Å². The van der Waals surface area contributed by atoms with Crippen molar-refractivity contribution in [1.82, 2.24) is 4.98 Å². The van der Waals surface area contributed by atoms with E-state index in [4.69, 9.17) is 5.73 Å². The number of nitrogen functional groups attached to an aromatic ring is 1. The van der Waals surface area contributed by atoms with Crippen LogP contribution in [0.1, 0.15) is 18.9 Å². The lowest BCUT2D eigenvalue weighted by Crippen LogP contribution is -2.35. The van der Waals surface area contributed by atoms with E-state index in [1.54, 1.807) is 6.92 Å². The zero-order chi connectivity index (χ0) is 15.6. The third-order valence-corrected chi connectivity index (χ3v) is 2.35. The van der Waals surface area contributed by atoms with E-state index >= 15 is 0 Å². The van der Waals surface area contributed by atoms with Gasteiger partial charge in [-0.2, -0.15) is 26.3 Å². The molecular weight excluding hydrogens is 288 g/mol. The highest BCUT2D eigenvalue weighted by Gasteiger charge is 2.34. The average Bonchev–Trinajstić information content (AvgIpc) is 2.24. The molecule has 0 saturated heterocycles. The molecule has 0 radical (unpaired) electrons. The van der Waals surface area contributed by atoms with Gasteiger partial charge in [-0.3, -0.25) is 0 Å². The van der Waals surface area contributed by atoms with E-state index in [1.165, 1.54) is 0 Å². The molecule has 0 bridgehead atoms. The first-order valence-corrected chi connectivity index (χ1v) is 5.69. The lowest BCUT2D eigenvalue weighted by Gasteiger charge is -2.25. The van der Waals surface area contributed by atoms with E-state index in [9.17, 15) is 26.3 Å². The Morgan fingerprint density at radius 1 is 1.15 bits per heavy atom. The van der Waals surface area contributed by atoms with Crippen molar-refractivity contribution < 1.29 is 26.3 Å². The fraction of sp³-hybridized carbons (Fsp3) is 0.545. The Morgan fingerprint density at radius 2 is 1.75 bits per heavy atom. The summed E-state index contributed by atoms with van der Waals surface area (Å²) in [6, 6.07) is 1.15. The summed E-state index contributed by atoms with van der Waals surface area (Å²) in [6.07, 6.45) is -8.91. The third kappa shape index (κ3) is 4.78. The van der Waals surface area contributed by atoms with Gasteiger partial charge in [0.2, 0.25) is 0 Å². The number of hydrogen-bond acceptors (Lipinski definition) is 3. The summed E-state index contributed by atoms with van der Waals surface area (Å²) in [5.41, 5.74) is 4.11. The van der Waals surface area contributed by atoms with E-state index < -0.39 is 36.1 Å². The molecule has 1 aromatic heterocycles. The largest absolute Gasteiger partial charge is 0.416 e. The molecule has 1 heterocycles. The molecule has 0 aliphatic heterocycles. The zero-order valence-corrected chi connectivity index (χ0v) is 10.5. The fourth-order valence-electron chi connectivity index (χ4n) is 1.62. The summed E-state index contributed by atoms with van der Waals surface area (Å²) in [6.45, 7) is 0.155. The molecule has 114 valence electrons. The van der Waals surface area contributed by atoms with Crippen molar-refractivity contribution in [2.24, 2.45) is 0 Å². The second kappa shape index (κ2) is 5.76. The molecule has 0 spiro atoms. The van der Waals surface area contributed by atoms with Gasteiger partial charge in [0.05, 0.1) is 5.56 Å². The van der Waals surface area contributed by atoms with E-state index in [0.717, 1.165) is 4.90 Å². The number of alkyl halides is 6. The summed E-state index contributed by atoms with van der Waals surface area (Å²) >= 11 is 0. The number of pyridine rings is 1. The number of halogens is 6. The molecule has 3 nitrogen and oxygen atoms in total. The molecule has 2 N–H and O–H groups in total. The van der Waals surface area contributed by atoms with E-state index in [2.05, 4.69) is 4.98 Å². The molecule has 0 atom stereocenters. The van der Waals surface area contributed by atoms with Crippen LogP contribution in [-0.4, -0.2) is 24.2 Å². The predicted octanol–water partition coefficient (Wildman–Crippen LogP) is 3.46. The van der Waals surface area contributed by atoms with Gasteiger partial charge in [-0.1, -0.05) is 6.92 Å². The van der Waals surface area contributed by atoms with Crippen molar-refractivity contribution in [3.8, 4) is 0 Å². The van der Waals surface area contributed by atoms with Crippen LogP contribution in [-0.2, 0) is 6.18 Å². The Kier molecular flexibility index (Phi) is 4.72. The Hall–Kier alpha value is -1.67. The molecule has 0 saturated carbocycles. The van der Waals surface area contributed by atoms with Crippen LogP contribution in [0.4, 0.5) is 38.0 Å². The van der Waals surface area contributed by atoms with Crippen LogP contribution < -0.4 is 10.6 Å². The molecular formula is C11H13F6N3. The van der Waals surface area contributed by atoms with Gasteiger partial charge in [0, 0.05) is 6.54 Å². The molecule has 0 unspecified atom stereocenters. The summed E-state index contributed by atoms with van der Waals surface area (Å²) in [5, 5.41) is 0. The van der Waals surface area contributed by atoms with Gasteiger partial charge in [0.15, 0.2) is 0 Å². The van der Waals surface area contributed by atoms with Gasteiger partial charge < -0.3 is 10.6 Å². The van der Waals surface area contributed by atoms with Crippen molar-refractivity contribution in [3.05, 3.63) is 17.7 Å². The first kappa shape index (κ1) is 16.4. The van der Waals surface area contributed by atoms with Gasteiger partial charge in [-0.25, -0.2) is 4.98 Å². The Labute approximate surface area is 111 Å². The minimum absolute atomic E-state index is 0.0761. The summed E-state index contributed by atoms with van der Waals surface area (Å²) in [7, 11) is 0. The van der Waals surface area contributed by atoms with Gasteiger partial charge in [0.25, 0.3) is 0 Å². The second-order valence-electron chi connectivity index (χ2n) is 4.17. The van der Waals surface area contributed by atoms with Crippen LogP contribution >= 0.6 is 0 Å². The maximum Gasteiger partial charge on any atom is 0.416 e. The average molecular weight is 301 g/mol. The highest BCUT2D eigenvalue weighted by Crippen LogP contribution is 2.33. The van der Waals surface area contributed by atoms with Gasteiger partial charge >= 0.3 is 12.4 Å². The first-order chi connectivity index (χ1) is 9.03. The highest BCUT2D eigenvalue weighted by atomic mass is 19.4. The van der Waals surface area contributed by atoms with Crippen LogP contribution in [0, 0.1) is 0 Å². The minimum atomic E-state index is -4.69. The number of hydrogen-bond donors (Lipinski definition) is 1. The third-order valence-electron chi connectivity index (χ3n) is 2.35. The van der Waals surface area contributed by atoms with Crippen LogP contribution in [0.5, 0.6) is 0 Å². The Morgan fingerprint density at radius 3 is 2.20 bits per heavy atom. The molecule has 0 aliphatic carbocycles. The molecule has 0 fully saturated rings. The standard InChI is InChI=1S/C11H13F6N3/c1-2-3-20(6-10(12,13)14)9-5-7(11(15,16)17)4-8(18)19-9/h4-5H,2-3,6H2,1H3,(H2,18,19). The Bertz CT molecular complexity index is 454. The number of anilines is 2. The predicted molar refractivity (Wildman–Crippen MR) is 62.2 cm³/mol. The molecule has 1 rings (SSSR count). The molecule has 1 aromatic rings. The number of nitrogens with zero attached hydrogens (tertiary/aromatic N) is 2.